The van der Waals surface area contributed by atoms with E-state index in [0.717, 1.165) is 0 Å². The van der Waals surface area contributed by atoms with Gasteiger partial charge in [-0.1, -0.05) is 5.18 Å². The molecule has 1 N–H and O–H groups in total. The predicted octanol–water partition coefficient (Wildman–Crippen LogP) is 1.04. The van der Waals surface area contributed by atoms with Gasteiger partial charge in [-0.15, -0.1) is 0 Å². The number of nitrogens with one attached hydrogen (secondary N) is 1. The standard InChI is InChI=1S/C10H17FIN3O3/c1-13-8(2-4-14-17)10(16)15-5-3-9(18-12)7(11)6-15/h7-9,13H,2-6H2,1H3/t7-,8?,9+/m1/s1. The van der Waals surface area contributed by atoms with E-state index in [9.17, 15) is 14.1 Å². The van der Waals surface area contributed by atoms with Crippen LogP contribution in [0.2, 0.25) is 0 Å². The first-order chi connectivity index (χ1) is 8.63. The number of likely N-dealkylation sites (tertiary alicyclic amines) is 1. The first kappa shape index (κ1) is 15.7. The first-order valence-corrected chi connectivity index (χ1v) is 6.68. The van der Waals surface area contributed by atoms with Gasteiger partial charge < -0.3 is 13.3 Å². The number of nitroso groups, excluding NO2 is 1. The maximum Gasteiger partial charge on any atom is 0.239 e. The van der Waals surface area contributed by atoms with Crippen LogP contribution < -0.4 is 5.32 Å². The van der Waals surface area contributed by atoms with Gasteiger partial charge in [-0.2, -0.15) is 4.91 Å². The SMILES string of the molecule is CNC(CCN=O)C(=O)N1CC[C@H](OI)[C@H](F)C1. The molecule has 0 aliphatic carbocycles. The van der Waals surface area contributed by atoms with Crippen molar-refractivity contribution in [1.82, 2.24) is 10.2 Å². The minimum atomic E-state index is -1.17. The van der Waals surface area contributed by atoms with E-state index in [2.05, 4.69) is 10.5 Å². The van der Waals surface area contributed by atoms with E-state index in [1.807, 2.05) is 0 Å². The fraction of sp³-hybridized carbons (Fsp3) is 0.900. The molecule has 0 saturated carbocycles. The summed E-state index contributed by atoms with van der Waals surface area (Å²) in [5.41, 5.74) is 0. The molecule has 1 aliphatic rings. The molecular formula is C10H17FIN3O3. The monoisotopic (exact) mass is 373 g/mol. The lowest BCUT2D eigenvalue weighted by molar-refractivity contribution is -0.136. The van der Waals surface area contributed by atoms with Gasteiger partial charge in [0, 0.05) is 6.54 Å². The van der Waals surface area contributed by atoms with Crippen molar-refractivity contribution in [3.8, 4) is 0 Å². The zero-order valence-corrected chi connectivity index (χ0v) is 12.3. The number of piperidine rings is 1. The molecule has 6 nitrogen and oxygen atoms in total. The third kappa shape index (κ3) is 4.09. The van der Waals surface area contributed by atoms with Gasteiger partial charge in [-0.25, -0.2) is 4.39 Å². The van der Waals surface area contributed by atoms with Crippen molar-refractivity contribution in [3.05, 3.63) is 4.91 Å². The second-order valence-corrected chi connectivity index (χ2v) is 4.71. The summed E-state index contributed by atoms with van der Waals surface area (Å²) < 4.78 is 18.6. The number of amides is 1. The van der Waals surface area contributed by atoms with Crippen LogP contribution in [0.1, 0.15) is 12.8 Å². The Morgan fingerprint density at radius 3 is 2.94 bits per heavy atom. The van der Waals surface area contributed by atoms with E-state index >= 15 is 0 Å². The molecule has 0 aromatic rings. The van der Waals surface area contributed by atoms with Crippen LogP contribution >= 0.6 is 23.0 Å². The number of carbonyl (C=O) groups excluding carboxylic acids is 1. The lowest BCUT2D eigenvalue weighted by Gasteiger charge is -2.35. The van der Waals surface area contributed by atoms with Crippen LogP contribution in [0.3, 0.4) is 0 Å². The summed E-state index contributed by atoms with van der Waals surface area (Å²) >= 11 is 1.68. The van der Waals surface area contributed by atoms with Crippen molar-refractivity contribution in [3.63, 3.8) is 0 Å². The number of nitrogens with zero attached hydrogens (tertiary/aromatic N) is 2. The third-order valence-electron chi connectivity index (χ3n) is 3.06. The number of rotatable bonds is 6. The lowest BCUT2D eigenvalue weighted by Crippen LogP contribution is -2.53. The Bertz CT molecular complexity index is 296. The molecule has 0 spiro atoms. The number of halogens is 2. The van der Waals surface area contributed by atoms with Crippen LogP contribution in [-0.2, 0) is 7.86 Å². The summed E-state index contributed by atoms with van der Waals surface area (Å²) in [5, 5.41) is 5.56. The summed E-state index contributed by atoms with van der Waals surface area (Å²) in [6.07, 6.45) is -0.794. The molecule has 1 unspecified atom stereocenters. The third-order valence-corrected chi connectivity index (χ3v) is 3.72. The van der Waals surface area contributed by atoms with Crippen molar-refractivity contribution in [2.45, 2.75) is 31.2 Å². The van der Waals surface area contributed by atoms with Gasteiger partial charge in [-0.3, -0.25) is 4.79 Å². The number of alkyl halides is 1. The highest BCUT2D eigenvalue weighted by Crippen LogP contribution is 2.20. The zero-order valence-electron chi connectivity index (χ0n) is 10.1. The van der Waals surface area contributed by atoms with Crippen molar-refractivity contribution < 1.29 is 12.3 Å². The second-order valence-electron chi connectivity index (χ2n) is 4.20. The molecule has 0 radical (unpaired) electrons. The summed E-state index contributed by atoms with van der Waals surface area (Å²) in [7, 11) is 1.64. The molecule has 8 heteroatoms. The van der Waals surface area contributed by atoms with E-state index in [4.69, 9.17) is 3.07 Å². The molecule has 1 fully saturated rings. The van der Waals surface area contributed by atoms with Crippen molar-refractivity contribution in [2.24, 2.45) is 5.18 Å². The Balaban J connectivity index is 2.53. The summed E-state index contributed by atoms with van der Waals surface area (Å²) in [6, 6.07) is -0.480. The maximum atomic E-state index is 13.7. The predicted molar refractivity (Wildman–Crippen MR) is 73.1 cm³/mol. The Hall–Kier alpha value is -0.350. The molecule has 1 heterocycles. The van der Waals surface area contributed by atoms with Gasteiger partial charge in [0.25, 0.3) is 0 Å². The molecule has 1 aliphatic heterocycles. The Kier molecular flexibility index (Phi) is 6.94. The van der Waals surface area contributed by atoms with Crippen LogP contribution in [0.15, 0.2) is 5.18 Å². The van der Waals surface area contributed by atoms with Crippen LogP contribution in [0.5, 0.6) is 0 Å². The number of hydrogen-bond donors (Lipinski definition) is 1. The van der Waals surface area contributed by atoms with Crippen LogP contribution in [0.25, 0.3) is 0 Å². The smallest absolute Gasteiger partial charge is 0.239 e. The largest absolute Gasteiger partial charge is 0.338 e. The van der Waals surface area contributed by atoms with E-state index in [1.165, 1.54) is 4.90 Å². The molecule has 1 amide bonds. The van der Waals surface area contributed by atoms with Gasteiger partial charge in [0.05, 0.1) is 19.1 Å². The topological polar surface area (TPSA) is 71.0 Å². The van der Waals surface area contributed by atoms with E-state index < -0.39 is 18.3 Å². The second kappa shape index (κ2) is 7.95. The highest BCUT2D eigenvalue weighted by Gasteiger charge is 2.34. The Morgan fingerprint density at radius 2 is 2.44 bits per heavy atom. The molecule has 0 aromatic heterocycles. The van der Waals surface area contributed by atoms with Gasteiger partial charge in [0.2, 0.25) is 5.91 Å². The van der Waals surface area contributed by atoms with Crippen molar-refractivity contribution >= 4 is 28.9 Å². The quantitative estimate of drug-likeness (QED) is 0.558. The highest BCUT2D eigenvalue weighted by atomic mass is 127. The van der Waals surface area contributed by atoms with Crippen LogP contribution in [0.4, 0.5) is 4.39 Å². The molecule has 0 aromatic carbocycles. The fourth-order valence-corrected chi connectivity index (χ4v) is 2.55. The maximum absolute atomic E-state index is 13.7. The zero-order chi connectivity index (χ0) is 13.5. The molecule has 18 heavy (non-hydrogen) atoms. The summed E-state index contributed by atoms with van der Waals surface area (Å²) in [4.78, 5) is 23.6. The molecule has 1 rings (SSSR count). The minimum absolute atomic E-state index is 0.0409. The summed E-state index contributed by atoms with van der Waals surface area (Å²) in [6.45, 7) is 0.586. The normalized spacial score (nSPS) is 25.8. The average molecular weight is 373 g/mol. The van der Waals surface area contributed by atoms with Crippen molar-refractivity contribution in [1.29, 1.82) is 0 Å². The average Bonchev–Trinajstić information content (AvgIpc) is 2.39. The number of likely N-dealkylation sites (N-methyl/N-ethyl adjacent to an activating group) is 1. The minimum Gasteiger partial charge on any atom is -0.338 e. The van der Waals surface area contributed by atoms with E-state index in [-0.39, 0.29) is 19.0 Å². The van der Waals surface area contributed by atoms with Crippen molar-refractivity contribution in [2.75, 3.05) is 26.7 Å². The molecule has 104 valence electrons. The van der Waals surface area contributed by atoms with Crippen LogP contribution in [-0.4, -0.2) is 55.8 Å². The van der Waals surface area contributed by atoms with Gasteiger partial charge in [-0.05, 0) is 19.9 Å². The highest BCUT2D eigenvalue weighted by molar-refractivity contribution is 14.1. The van der Waals surface area contributed by atoms with E-state index in [1.54, 1.807) is 30.1 Å². The Labute approximate surface area is 119 Å². The van der Waals surface area contributed by atoms with Gasteiger partial charge in [0.1, 0.15) is 35.3 Å². The molecular weight excluding hydrogens is 356 g/mol. The lowest BCUT2D eigenvalue weighted by atomic mass is 10.0. The molecule has 3 atom stereocenters. The molecule has 0 bridgehead atoms. The van der Waals surface area contributed by atoms with E-state index in [0.29, 0.717) is 19.4 Å². The molecule has 1 saturated heterocycles. The van der Waals surface area contributed by atoms with Gasteiger partial charge >= 0.3 is 0 Å². The summed E-state index contributed by atoms with van der Waals surface area (Å²) in [5.74, 6) is -0.185. The van der Waals surface area contributed by atoms with Gasteiger partial charge in [0.15, 0.2) is 0 Å². The Morgan fingerprint density at radius 1 is 1.72 bits per heavy atom. The fourth-order valence-electron chi connectivity index (χ4n) is 1.98. The first-order valence-electron chi connectivity index (χ1n) is 5.80. The van der Waals surface area contributed by atoms with Crippen LogP contribution in [0, 0.1) is 4.91 Å². The number of hydrogen-bond acceptors (Lipinski definition) is 5. The number of carbonyl (C=O) groups is 1.